The van der Waals surface area contributed by atoms with Gasteiger partial charge in [0.05, 0.1) is 0 Å². The molecule has 17 heavy (non-hydrogen) atoms. The summed E-state index contributed by atoms with van der Waals surface area (Å²) in [4.78, 5) is 26.1. The van der Waals surface area contributed by atoms with Crippen LogP contribution in [0.2, 0.25) is 0 Å². The molecule has 0 aromatic carbocycles. The van der Waals surface area contributed by atoms with E-state index in [4.69, 9.17) is 0 Å². The molecule has 2 aliphatic rings. The highest BCUT2D eigenvalue weighted by molar-refractivity contribution is 5.97. The van der Waals surface area contributed by atoms with E-state index in [0.29, 0.717) is 5.92 Å². The maximum atomic E-state index is 12.4. The molecule has 1 saturated heterocycles. The number of carbonyl (C=O) groups excluding carboxylic acids is 2. The van der Waals surface area contributed by atoms with Crippen LogP contribution in [-0.2, 0) is 9.59 Å². The number of hydrogen-bond acceptors (Lipinski definition) is 2. The van der Waals surface area contributed by atoms with Gasteiger partial charge in [0, 0.05) is 5.54 Å². The Morgan fingerprint density at radius 2 is 2.00 bits per heavy atom. The third-order valence-electron chi connectivity index (χ3n) is 3.88. The van der Waals surface area contributed by atoms with Gasteiger partial charge >= 0.3 is 0 Å². The summed E-state index contributed by atoms with van der Waals surface area (Å²) in [6.07, 6.45) is 2.76. The fraction of sp³-hybridized carbons (Fsp3) is 0.846. The molecule has 1 N–H and O–H groups in total. The number of rotatable bonds is 3. The number of nitrogens with zero attached hydrogens (tertiary/aromatic N) is 1. The van der Waals surface area contributed by atoms with E-state index >= 15 is 0 Å². The highest BCUT2D eigenvalue weighted by Gasteiger charge is 2.52. The molecule has 1 heterocycles. The first-order chi connectivity index (χ1) is 7.85. The van der Waals surface area contributed by atoms with Gasteiger partial charge in [-0.15, -0.1) is 0 Å². The molecular formula is C13H22N2O2. The maximum absolute atomic E-state index is 12.4. The smallest absolute Gasteiger partial charge is 0.246 e. The number of hydrogen-bond donors (Lipinski definition) is 1. The van der Waals surface area contributed by atoms with Gasteiger partial charge in [-0.1, -0.05) is 13.8 Å². The number of amides is 2. The lowest BCUT2D eigenvalue weighted by molar-refractivity contribution is -0.152. The van der Waals surface area contributed by atoms with Crippen molar-refractivity contribution in [2.24, 2.45) is 5.92 Å². The van der Waals surface area contributed by atoms with Crippen LogP contribution in [0.4, 0.5) is 0 Å². The average molecular weight is 238 g/mol. The van der Waals surface area contributed by atoms with E-state index in [9.17, 15) is 9.59 Å². The van der Waals surface area contributed by atoms with Gasteiger partial charge in [0.15, 0.2) is 0 Å². The van der Waals surface area contributed by atoms with E-state index in [1.807, 2.05) is 11.8 Å². The van der Waals surface area contributed by atoms with Crippen LogP contribution in [0, 0.1) is 5.92 Å². The molecule has 0 bridgehead atoms. The third kappa shape index (κ3) is 2.17. The zero-order valence-electron chi connectivity index (χ0n) is 11.1. The van der Waals surface area contributed by atoms with Crippen molar-refractivity contribution in [2.45, 2.75) is 64.6 Å². The van der Waals surface area contributed by atoms with Gasteiger partial charge in [-0.25, -0.2) is 0 Å². The molecule has 0 aromatic heterocycles. The highest BCUT2D eigenvalue weighted by atomic mass is 16.2. The minimum Gasteiger partial charge on any atom is -0.343 e. The quantitative estimate of drug-likeness (QED) is 0.805. The Kier molecular flexibility index (Phi) is 2.92. The first-order valence-electron chi connectivity index (χ1n) is 6.49. The minimum absolute atomic E-state index is 0.0108. The van der Waals surface area contributed by atoms with E-state index < -0.39 is 0 Å². The molecular weight excluding hydrogens is 216 g/mol. The van der Waals surface area contributed by atoms with Gasteiger partial charge in [0.25, 0.3) is 0 Å². The summed E-state index contributed by atoms with van der Waals surface area (Å²) in [5.41, 5.74) is -0.0660. The molecule has 2 unspecified atom stereocenters. The van der Waals surface area contributed by atoms with Crippen LogP contribution in [0.15, 0.2) is 0 Å². The number of carbonyl (C=O) groups is 2. The Balaban J connectivity index is 2.18. The van der Waals surface area contributed by atoms with Crippen molar-refractivity contribution in [1.29, 1.82) is 0 Å². The Labute approximate surface area is 103 Å². The molecule has 4 heteroatoms. The van der Waals surface area contributed by atoms with Crippen LogP contribution >= 0.6 is 0 Å². The van der Waals surface area contributed by atoms with E-state index in [1.165, 1.54) is 0 Å². The summed E-state index contributed by atoms with van der Waals surface area (Å²) >= 11 is 0. The third-order valence-corrected chi connectivity index (χ3v) is 3.88. The molecule has 96 valence electrons. The Hall–Kier alpha value is -1.06. The second-order valence-corrected chi connectivity index (χ2v) is 6.07. The SMILES string of the molecule is CC(C)CC1NC(=O)C(C)N(C2(C)CC2)C1=O. The van der Waals surface area contributed by atoms with Crippen molar-refractivity contribution in [3.63, 3.8) is 0 Å². The summed E-state index contributed by atoms with van der Waals surface area (Å²) in [6, 6.07) is -0.644. The fourth-order valence-electron chi connectivity index (χ4n) is 2.62. The van der Waals surface area contributed by atoms with Crippen molar-refractivity contribution in [3.05, 3.63) is 0 Å². The monoisotopic (exact) mass is 238 g/mol. The Bertz CT molecular complexity index is 347. The summed E-state index contributed by atoms with van der Waals surface area (Å²) in [5.74, 6) is 0.501. The highest BCUT2D eigenvalue weighted by Crippen LogP contribution is 2.43. The molecule has 0 radical (unpaired) electrons. The molecule has 2 atom stereocenters. The van der Waals surface area contributed by atoms with Crippen LogP contribution < -0.4 is 5.32 Å². The van der Waals surface area contributed by atoms with Gasteiger partial charge in [0.2, 0.25) is 11.8 Å². The van der Waals surface area contributed by atoms with Gasteiger partial charge in [0.1, 0.15) is 12.1 Å². The molecule has 0 spiro atoms. The first-order valence-corrected chi connectivity index (χ1v) is 6.49. The lowest BCUT2D eigenvalue weighted by Crippen LogP contribution is -2.65. The van der Waals surface area contributed by atoms with Crippen LogP contribution in [0.1, 0.15) is 47.0 Å². The van der Waals surface area contributed by atoms with E-state index in [1.54, 1.807) is 0 Å². The number of nitrogens with one attached hydrogen (secondary N) is 1. The molecule has 2 fully saturated rings. The molecule has 1 aliphatic heterocycles. The predicted octanol–water partition coefficient (Wildman–Crippen LogP) is 1.30. The average Bonchev–Trinajstić information content (AvgIpc) is 2.93. The van der Waals surface area contributed by atoms with Crippen molar-refractivity contribution >= 4 is 11.8 Å². The minimum atomic E-state index is -0.323. The first kappa shape index (κ1) is 12.4. The molecule has 0 aromatic rings. The molecule has 2 rings (SSSR count). The lowest BCUT2D eigenvalue weighted by atomic mass is 9.97. The zero-order chi connectivity index (χ0) is 12.8. The van der Waals surface area contributed by atoms with Crippen LogP contribution in [0.5, 0.6) is 0 Å². The molecule has 1 saturated carbocycles. The van der Waals surface area contributed by atoms with Crippen LogP contribution in [-0.4, -0.2) is 34.3 Å². The number of piperazine rings is 1. The van der Waals surface area contributed by atoms with E-state index in [0.717, 1.165) is 19.3 Å². The van der Waals surface area contributed by atoms with Crippen molar-refractivity contribution in [3.8, 4) is 0 Å². The standard InChI is InChI=1S/C13H22N2O2/c1-8(2)7-10-12(17)15(13(4)5-6-13)9(3)11(16)14-10/h8-10H,5-7H2,1-4H3,(H,14,16). The summed E-state index contributed by atoms with van der Waals surface area (Å²) in [7, 11) is 0. The topological polar surface area (TPSA) is 49.4 Å². The van der Waals surface area contributed by atoms with Gasteiger partial charge in [-0.05, 0) is 39.0 Å². The van der Waals surface area contributed by atoms with E-state index in [2.05, 4.69) is 26.1 Å². The predicted molar refractivity (Wildman–Crippen MR) is 65.3 cm³/mol. The van der Waals surface area contributed by atoms with Crippen molar-refractivity contribution in [2.75, 3.05) is 0 Å². The molecule has 2 amide bonds. The van der Waals surface area contributed by atoms with Crippen LogP contribution in [0.25, 0.3) is 0 Å². The summed E-state index contributed by atoms with van der Waals surface area (Å²) in [6.45, 7) is 8.04. The zero-order valence-corrected chi connectivity index (χ0v) is 11.1. The second-order valence-electron chi connectivity index (χ2n) is 6.07. The lowest BCUT2D eigenvalue weighted by Gasteiger charge is -2.41. The normalized spacial score (nSPS) is 31.7. The Morgan fingerprint density at radius 1 is 1.41 bits per heavy atom. The van der Waals surface area contributed by atoms with Gasteiger partial charge in [-0.3, -0.25) is 9.59 Å². The van der Waals surface area contributed by atoms with E-state index in [-0.39, 0.29) is 29.4 Å². The molecule has 4 nitrogen and oxygen atoms in total. The van der Waals surface area contributed by atoms with Crippen LogP contribution in [0.3, 0.4) is 0 Å². The summed E-state index contributed by atoms with van der Waals surface area (Å²) < 4.78 is 0. The second kappa shape index (κ2) is 4.00. The van der Waals surface area contributed by atoms with Gasteiger partial charge < -0.3 is 10.2 Å². The Morgan fingerprint density at radius 3 is 2.47 bits per heavy atom. The van der Waals surface area contributed by atoms with Crippen molar-refractivity contribution < 1.29 is 9.59 Å². The van der Waals surface area contributed by atoms with Crippen molar-refractivity contribution in [1.82, 2.24) is 10.2 Å². The fourth-order valence-corrected chi connectivity index (χ4v) is 2.62. The van der Waals surface area contributed by atoms with Gasteiger partial charge in [-0.2, -0.15) is 0 Å². The summed E-state index contributed by atoms with van der Waals surface area (Å²) in [5, 5.41) is 2.85. The largest absolute Gasteiger partial charge is 0.343 e. The maximum Gasteiger partial charge on any atom is 0.246 e. The molecule has 1 aliphatic carbocycles.